The van der Waals surface area contributed by atoms with Crippen LogP contribution in [0.5, 0.6) is 0 Å². The Morgan fingerprint density at radius 2 is 2.25 bits per heavy atom. The summed E-state index contributed by atoms with van der Waals surface area (Å²) in [5.41, 5.74) is 0. The van der Waals surface area contributed by atoms with E-state index in [1.807, 2.05) is 4.90 Å². The van der Waals surface area contributed by atoms with E-state index in [0.29, 0.717) is 12.0 Å². The van der Waals surface area contributed by atoms with E-state index in [1.54, 1.807) is 0 Å². The lowest BCUT2D eigenvalue weighted by Gasteiger charge is -2.28. The van der Waals surface area contributed by atoms with Gasteiger partial charge in [-0.2, -0.15) is 0 Å². The van der Waals surface area contributed by atoms with E-state index in [0.717, 1.165) is 32.5 Å². The zero-order valence-corrected chi connectivity index (χ0v) is 9.65. The van der Waals surface area contributed by atoms with Crippen molar-refractivity contribution in [3.63, 3.8) is 0 Å². The molecule has 4 nitrogen and oxygen atoms in total. The van der Waals surface area contributed by atoms with Crippen LogP contribution in [-0.4, -0.2) is 42.8 Å². The monoisotopic (exact) mass is 224 g/mol. The van der Waals surface area contributed by atoms with Gasteiger partial charge in [0.2, 0.25) is 0 Å². The first-order valence-electron chi connectivity index (χ1n) is 6.52. The lowest BCUT2D eigenvalue weighted by atomic mass is 9.98. The fourth-order valence-corrected chi connectivity index (χ4v) is 3.30. The van der Waals surface area contributed by atoms with Crippen LogP contribution in [0.25, 0.3) is 0 Å². The van der Waals surface area contributed by atoms with Gasteiger partial charge in [-0.1, -0.05) is 0 Å². The third kappa shape index (κ3) is 1.79. The highest BCUT2D eigenvalue weighted by atomic mass is 16.6. The standard InChI is InChI=1S/C12H20N2O2/c15-12-14(8-9-3-2-6-13-7-9)10-4-1-5-11(10)16-12/h9-11,13H,1-8H2. The predicted molar refractivity (Wildman–Crippen MR) is 60.2 cm³/mol. The highest BCUT2D eigenvalue weighted by Gasteiger charge is 2.44. The number of amides is 1. The maximum Gasteiger partial charge on any atom is 0.410 e. The largest absolute Gasteiger partial charge is 0.444 e. The molecular weight excluding hydrogens is 204 g/mol. The maximum absolute atomic E-state index is 11.7. The number of nitrogens with one attached hydrogen (secondary N) is 1. The summed E-state index contributed by atoms with van der Waals surface area (Å²) in [5, 5.41) is 3.40. The van der Waals surface area contributed by atoms with Crippen molar-refractivity contribution in [2.45, 2.75) is 44.2 Å². The van der Waals surface area contributed by atoms with E-state index < -0.39 is 0 Å². The Bertz CT molecular complexity index is 276. The van der Waals surface area contributed by atoms with Crippen molar-refractivity contribution >= 4 is 6.09 Å². The molecule has 1 saturated carbocycles. The number of carbonyl (C=O) groups is 1. The third-order valence-corrected chi connectivity index (χ3v) is 4.16. The van der Waals surface area contributed by atoms with Gasteiger partial charge in [-0.15, -0.1) is 0 Å². The first kappa shape index (κ1) is 10.4. The third-order valence-electron chi connectivity index (χ3n) is 4.16. The molecule has 2 saturated heterocycles. The van der Waals surface area contributed by atoms with Crippen LogP contribution >= 0.6 is 0 Å². The van der Waals surface area contributed by atoms with Gasteiger partial charge in [-0.05, 0) is 51.1 Å². The number of hydrogen-bond donors (Lipinski definition) is 1. The van der Waals surface area contributed by atoms with Crippen LogP contribution in [0.1, 0.15) is 32.1 Å². The first-order chi connectivity index (χ1) is 7.84. The number of hydrogen-bond acceptors (Lipinski definition) is 3. The molecule has 4 heteroatoms. The van der Waals surface area contributed by atoms with E-state index in [-0.39, 0.29) is 12.2 Å². The fourth-order valence-electron chi connectivity index (χ4n) is 3.30. The molecular formula is C12H20N2O2. The molecule has 0 aromatic rings. The summed E-state index contributed by atoms with van der Waals surface area (Å²) in [6.45, 7) is 3.08. The van der Waals surface area contributed by atoms with Crippen molar-refractivity contribution in [1.29, 1.82) is 0 Å². The predicted octanol–water partition coefficient (Wildman–Crippen LogP) is 1.36. The van der Waals surface area contributed by atoms with Crippen LogP contribution in [0.15, 0.2) is 0 Å². The Hall–Kier alpha value is -0.770. The average molecular weight is 224 g/mol. The minimum absolute atomic E-state index is 0.0692. The van der Waals surface area contributed by atoms with Crippen molar-refractivity contribution in [2.24, 2.45) is 5.92 Å². The van der Waals surface area contributed by atoms with Crippen molar-refractivity contribution in [2.75, 3.05) is 19.6 Å². The molecule has 90 valence electrons. The summed E-state index contributed by atoms with van der Waals surface area (Å²) in [4.78, 5) is 13.7. The van der Waals surface area contributed by atoms with Gasteiger partial charge < -0.3 is 15.0 Å². The molecule has 2 heterocycles. The van der Waals surface area contributed by atoms with E-state index >= 15 is 0 Å². The minimum atomic E-state index is -0.0692. The molecule has 3 fully saturated rings. The summed E-state index contributed by atoms with van der Waals surface area (Å²) in [6, 6.07) is 0.384. The molecule has 1 N–H and O–H groups in total. The number of rotatable bonds is 2. The topological polar surface area (TPSA) is 41.6 Å². The molecule has 3 rings (SSSR count). The van der Waals surface area contributed by atoms with E-state index in [1.165, 1.54) is 19.3 Å². The average Bonchev–Trinajstić information content (AvgIpc) is 2.84. The van der Waals surface area contributed by atoms with E-state index in [4.69, 9.17) is 4.74 Å². The zero-order valence-electron chi connectivity index (χ0n) is 9.65. The Kier molecular flexibility index (Phi) is 2.75. The molecule has 3 aliphatic rings. The van der Waals surface area contributed by atoms with Crippen molar-refractivity contribution in [3.05, 3.63) is 0 Å². The first-order valence-corrected chi connectivity index (χ1v) is 6.52. The van der Waals surface area contributed by atoms with E-state index in [9.17, 15) is 4.79 Å². The number of fused-ring (bicyclic) bond motifs is 1. The van der Waals surface area contributed by atoms with Gasteiger partial charge in [-0.25, -0.2) is 4.79 Å². The summed E-state index contributed by atoms with van der Waals surface area (Å²) in [7, 11) is 0. The number of nitrogens with zero attached hydrogens (tertiary/aromatic N) is 1. The molecule has 2 aliphatic heterocycles. The quantitative estimate of drug-likeness (QED) is 0.770. The SMILES string of the molecule is O=C1OC2CCCC2N1CC1CCCNC1. The second-order valence-electron chi connectivity index (χ2n) is 5.29. The fraction of sp³-hybridized carbons (Fsp3) is 0.917. The number of ether oxygens (including phenoxy) is 1. The summed E-state index contributed by atoms with van der Waals surface area (Å²) in [5.74, 6) is 0.626. The Balaban J connectivity index is 1.62. The van der Waals surface area contributed by atoms with Crippen LogP contribution in [0, 0.1) is 5.92 Å². The Morgan fingerprint density at radius 3 is 3.06 bits per heavy atom. The molecule has 0 aromatic carbocycles. The highest BCUT2D eigenvalue weighted by molar-refractivity contribution is 5.70. The van der Waals surface area contributed by atoms with Gasteiger partial charge in [0.1, 0.15) is 6.10 Å². The summed E-state index contributed by atoms with van der Waals surface area (Å²) in [6.07, 6.45) is 6.02. The molecule has 0 spiro atoms. The van der Waals surface area contributed by atoms with E-state index in [2.05, 4.69) is 5.32 Å². The molecule has 3 atom stereocenters. The number of piperidine rings is 1. The molecule has 0 bridgehead atoms. The van der Waals surface area contributed by atoms with Gasteiger partial charge in [0, 0.05) is 6.54 Å². The molecule has 16 heavy (non-hydrogen) atoms. The van der Waals surface area contributed by atoms with Gasteiger partial charge in [0.25, 0.3) is 0 Å². The molecule has 1 aliphatic carbocycles. The normalized spacial score (nSPS) is 38.6. The maximum atomic E-state index is 11.7. The molecule has 1 amide bonds. The van der Waals surface area contributed by atoms with Crippen LogP contribution < -0.4 is 5.32 Å². The van der Waals surface area contributed by atoms with Crippen molar-refractivity contribution in [3.8, 4) is 0 Å². The Labute approximate surface area is 96.3 Å². The zero-order chi connectivity index (χ0) is 11.0. The smallest absolute Gasteiger partial charge is 0.410 e. The van der Waals surface area contributed by atoms with Gasteiger partial charge in [0.15, 0.2) is 0 Å². The lowest BCUT2D eigenvalue weighted by molar-refractivity contribution is 0.128. The van der Waals surface area contributed by atoms with Crippen LogP contribution in [0.4, 0.5) is 4.79 Å². The second kappa shape index (κ2) is 4.24. The van der Waals surface area contributed by atoms with Crippen LogP contribution in [0.2, 0.25) is 0 Å². The van der Waals surface area contributed by atoms with Crippen LogP contribution in [0.3, 0.4) is 0 Å². The van der Waals surface area contributed by atoms with Gasteiger partial charge >= 0.3 is 6.09 Å². The molecule has 0 radical (unpaired) electrons. The second-order valence-corrected chi connectivity index (χ2v) is 5.29. The van der Waals surface area contributed by atoms with Crippen molar-refractivity contribution < 1.29 is 9.53 Å². The van der Waals surface area contributed by atoms with Crippen LogP contribution in [-0.2, 0) is 4.74 Å². The number of carbonyl (C=O) groups excluding carboxylic acids is 1. The molecule has 3 unspecified atom stereocenters. The lowest BCUT2D eigenvalue weighted by Crippen LogP contribution is -2.42. The Morgan fingerprint density at radius 1 is 1.31 bits per heavy atom. The summed E-state index contributed by atoms with van der Waals surface area (Å²) < 4.78 is 5.41. The van der Waals surface area contributed by atoms with Gasteiger partial charge in [-0.3, -0.25) is 0 Å². The van der Waals surface area contributed by atoms with Gasteiger partial charge in [0.05, 0.1) is 6.04 Å². The summed E-state index contributed by atoms with van der Waals surface area (Å²) >= 11 is 0. The highest BCUT2D eigenvalue weighted by Crippen LogP contribution is 2.33. The minimum Gasteiger partial charge on any atom is -0.444 e. The molecule has 0 aromatic heterocycles. The van der Waals surface area contributed by atoms with Crippen molar-refractivity contribution in [1.82, 2.24) is 10.2 Å².